The fourth-order valence-electron chi connectivity index (χ4n) is 2.35. The van der Waals surface area contributed by atoms with Crippen LogP contribution in [0.4, 0.5) is 0 Å². The molecule has 1 aromatic heterocycles. The first kappa shape index (κ1) is 13.0. The number of aromatic carboxylic acids is 1. The van der Waals surface area contributed by atoms with E-state index < -0.39 is 5.97 Å². The Hall–Kier alpha value is -1.43. The van der Waals surface area contributed by atoms with Crippen molar-refractivity contribution in [1.82, 2.24) is 15.0 Å². The minimum absolute atomic E-state index is 0.0772. The van der Waals surface area contributed by atoms with Crippen LogP contribution < -0.4 is 0 Å². The fraction of sp³-hybridized carbons (Fsp3) is 0.750. The van der Waals surface area contributed by atoms with Gasteiger partial charge in [-0.2, -0.15) is 0 Å². The number of carbonyl (C=O) groups is 1. The van der Waals surface area contributed by atoms with Crippen molar-refractivity contribution in [2.75, 3.05) is 6.61 Å². The van der Waals surface area contributed by atoms with Crippen molar-refractivity contribution < 1.29 is 15.0 Å². The summed E-state index contributed by atoms with van der Waals surface area (Å²) >= 11 is 0. The van der Waals surface area contributed by atoms with Gasteiger partial charge in [0.25, 0.3) is 0 Å². The number of carboxylic acids is 1. The van der Waals surface area contributed by atoms with Gasteiger partial charge in [0.15, 0.2) is 5.69 Å². The number of aromatic nitrogens is 3. The molecule has 1 aliphatic rings. The number of rotatable bonds is 6. The summed E-state index contributed by atoms with van der Waals surface area (Å²) in [6.45, 7) is 2.13. The molecular weight excluding hydrogens is 234 g/mol. The molecule has 1 atom stereocenters. The van der Waals surface area contributed by atoms with Crippen molar-refractivity contribution in [3.63, 3.8) is 0 Å². The highest BCUT2D eigenvalue weighted by Gasteiger charge is 2.31. The number of nitrogens with zero attached hydrogens (tertiary/aromatic N) is 3. The summed E-state index contributed by atoms with van der Waals surface area (Å²) in [4.78, 5) is 11.2. The first-order chi connectivity index (χ1) is 8.65. The van der Waals surface area contributed by atoms with E-state index in [1.54, 1.807) is 4.68 Å². The molecule has 0 spiro atoms. The maximum atomic E-state index is 11.2. The molecule has 2 rings (SSSR count). The molecule has 0 aromatic carbocycles. The zero-order valence-electron chi connectivity index (χ0n) is 10.5. The quantitative estimate of drug-likeness (QED) is 0.803. The van der Waals surface area contributed by atoms with E-state index in [4.69, 9.17) is 10.2 Å². The van der Waals surface area contributed by atoms with E-state index in [0.29, 0.717) is 6.42 Å². The molecule has 0 bridgehead atoms. The summed E-state index contributed by atoms with van der Waals surface area (Å²) in [6, 6.07) is 0.0772. The number of hydrogen-bond donors (Lipinski definition) is 2. The highest BCUT2D eigenvalue weighted by Crippen LogP contribution is 2.38. The summed E-state index contributed by atoms with van der Waals surface area (Å²) in [7, 11) is 0. The second kappa shape index (κ2) is 5.48. The molecule has 18 heavy (non-hydrogen) atoms. The van der Waals surface area contributed by atoms with Gasteiger partial charge in [-0.1, -0.05) is 11.6 Å². The normalized spacial score (nSPS) is 17.4. The lowest BCUT2D eigenvalue weighted by atomic mass is 9.82. The van der Waals surface area contributed by atoms with Gasteiger partial charge in [0.1, 0.15) is 0 Å². The van der Waals surface area contributed by atoms with Crippen LogP contribution in [0.5, 0.6) is 0 Å². The monoisotopic (exact) mass is 253 g/mol. The number of aliphatic hydroxyl groups is 1. The van der Waals surface area contributed by atoms with E-state index in [-0.39, 0.29) is 24.3 Å². The van der Waals surface area contributed by atoms with Crippen LogP contribution in [0, 0.1) is 0 Å². The van der Waals surface area contributed by atoms with Crippen LogP contribution in [0.25, 0.3) is 0 Å². The highest BCUT2D eigenvalue weighted by molar-refractivity contribution is 5.86. The zero-order chi connectivity index (χ0) is 13.1. The summed E-state index contributed by atoms with van der Waals surface area (Å²) < 4.78 is 1.74. The lowest BCUT2D eigenvalue weighted by Gasteiger charge is -2.27. The third-order valence-electron chi connectivity index (χ3n) is 3.62. The average Bonchev–Trinajstić information content (AvgIpc) is 2.68. The van der Waals surface area contributed by atoms with Crippen LogP contribution in [0.3, 0.4) is 0 Å². The minimum Gasteiger partial charge on any atom is -0.476 e. The molecule has 0 radical (unpaired) electrons. The van der Waals surface area contributed by atoms with Gasteiger partial charge in [-0.25, -0.2) is 9.48 Å². The van der Waals surface area contributed by atoms with Gasteiger partial charge in [-0.3, -0.25) is 0 Å². The Morgan fingerprint density at radius 1 is 1.56 bits per heavy atom. The lowest BCUT2D eigenvalue weighted by molar-refractivity contribution is 0.0687. The Morgan fingerprint density at radius 2 is 2.28 bits per heavy atom. The van der Waals surface area contributed by atoms with E-state index in [1.165, 1.54) is 0 Å². The molecule has 6 nitrogen and oxygen atoms in total. The molecule has 1 heterocycles. The van der Waals surface area contributed by atoms with Crippen molar-refractivity contribution in [1.29, 1.82) is 0 Å². The standard InChI is InChI=1S/C12H19N3O3/c1-8(4-3-7-16)15-11(9-5-2-6-9)10(12(17)18)13-14-15/h8-9,16H,2-7H2,1H3,(H,17,18). The van der Waals surface area contributed by atoms with Crippen molar-refractivity contribution in [2.24, 2.45) is 0 Å². The SMILES string of the molecule is CC(CCCO)n1nnc(C(=O)O)c1C1CCC1. The second-order valence-electron chi connectivity index (χ2n) is 4.92. The maximum absolute atomic E-state index is 11.2. The summed E-state index contributed by atoms with van der Waals surface area (Å²) in [5.41, 5.74) is 0.856. The summed E-state index contributed by atoms with van der Waals surface area (Å²) in [5.74, 6) is -0.722. The molecule has 1 unspecified atom stereocenters. The minimum atomic E-state index is -1.00. The Morgan fingerprint density at radius 3 is 2.78 bits per heavy atom. The van der Waals surface area contributed by atoms with Crippen LogP contribution >= 0.6 is 0 Å². The Labute approximate surface area is 106 Å². The second-order valence-corrected chi connectivity index (χ2v) is 4.92. The molecular formula is C12H19N3O3. The predicted octanol–water partition coefficient (Wildman–Crippen LogP) is 1.58. The highest BCUT2D eigenvalue weighted by atomic mass is 16.4. The van der Waals surface area contributed by atoms with E-state index in [1.807, 2.05) is 6.92 Å². The van der Waals surface area contributed by atoms with Crippen molar-refractivity contribution in [3.05, 3.63) is 11.4 Å². The van der Waals surface area contributed by atoms with Gasteiger partial charge < -0.3 is 10.2 Å². The van der Waals surface area contributed by atoms with E-state index >= 15 is 0 Å². The topological polar surface area (TPSA) is 88.2 Å². The first-order valence-corrected chi connectivity index (χ1v) is 6.44. The van der Waals surface area contributed by atoms with Crippen molar-refractivity contribution in [2.45, 2.75) is 51.0 Å². The van der Waals surface area contributed by atoms with Crippen LogP contribution in [0.15, 0.2) is 0 Å². The van der Waals surface area contributed by atoms with Gasteiger partial charge in [0, 0.05) is 12.5 Å². The number of hydrogen-bond acceptors (Lipinski definition) is 4. The van der Waals surface area contributed by atoms with Gasteiger partial charge in [-0.15, -0.1) is 5.10 Å². The Kier molecular flexibility index (Phi) is 3.96. The number of aliphatic hydroxyl groups excluding tert-OH is 1. The molecule has 6 heteroatoms. The third kappa shape index (κ3) is 2.38. The molecule has 1 aromatic rings. The largest absolute Gasteiger partial charge is 0.476 e. The third-order valence-corrected chi connectivity index (χ3v) is 3.62. The van der Waals surface area contributed by atoms with Crippen molar-refractivity contribution in [3.8, 4) is 0 Å². The summed E-state index contributed by atoms with van der Waals surface area (Å²) in [5, 5.41) is 25.8. The zero-order valence-corrected chi connectivity index (χ0v) is 10.5. The Bertz CT molecular complexity index is 426. The van der Waals surface area contributed by atoms with Gasteiger partial charge in [0.05, 0.1) is 11.7 Å². The predicted molar refractivity (Wildman–Crippen MR) is 64.6 cm³/mol. The Balaban J connectivity index is 2.25. The van der Waals surface area contributed by atoms with Gasteiger partial charge >= 0.3 is 5.97 Å². The van der Waals surface area contributed by atoms with Crippen LogP contribution in [0.2, 0.25) is 0 Å². The molecule has 0 saturated heterocycles. The van der Waals surface area contributed by atoms with E-state index in [2.05, 4.69) is 10.3 Å². The smallest absolute Gasteiger partial charge is 0.358 e. The van der Waals surface area contributed by atoms with Crippen molar-refractivity contribution >= 4 is 5.97 Å². The van der Waals surface area contributed by atoms with Gasteiger partial charge in [0.2, 0.25) is 0 Å². The van der Waals surface area contributed by atoms with Gasteiger partial charge in [-0.05, 0) is 32.6 Å². The lowest BCUT2D eigenvalue weighted by Crippen LogP contribution is -2.20. The average molecular weight is 253 g/mol. The van der Waals surface area contributed by atoms with E-state index in [9.17, 15) is 4.79 Å². The van der Waals surface area contributed by atoms with Crippen LogP contribution in [-0.4, -0.2) is 37.8 Å². The maximum Gasteiger partial charge on any atom is 0.358 e. The molecule has 1 saturated carbocycles. The van der Waals surface area contributed by atoms with Crippen LogP contribution in [-0.2, 0) is 0 Å². The molecule has 1 fully saturated rings. The summed E-state index contributed by atoms with van der Waals surface area (Å²) in [6.07, 6.45) is 4.63. The molecule has 2 N–H and O–H groups in total. The molecule has 0 amide bonds. The molecule has 100 valence electrons. The van der Waals surface area contributed by atoms with Crippen LogP contribution in [0.1, 0.15) is 67.2 Å². The fourth-order valence-corrected chi connectivity index (χ4v) is 2.35. The molecule has 1 aliphatic carbocycles. The molecule has 0 aliphatic heterocycles. The first-order valence-electron chi connectivity index (χ1n) is 6.44. The number of carboxylic acid groups (broad SMARTS) is 1. The van der Waals surface area contributed by atoms with E-state index in [0.717, 1.165) is 31.4 Å².